The number of benzene rings is 1. The van der Waals surface area contributed by atoms with Crippen LogP contribution >= 0.6 is 27.7 Å². The van der Waals surface area contributed by atoms with Gasteiger partial charge in [0.15, 0.2) is 0 Å². The monoisotopic (exact) mass is 263 g/mol. The van der Waals surface area contributed by atoms with Crippen LogP contribution in [0.25, 0.3) is 0 Å². The third-order valence-corrected chi connectivity index (χ3v) is 3.16. The largest absolute Gasteiger partial charge is 0.328 e. The molecule has 0 saturated heterocycles. The van der Waals surface area contributed by atoms with E-state index in [0.717, 1.165) is 9.37 Å². The molecule has 1 nitrogen and oxygen atoms in total. The van der Waals surface area contributed by atoms with Gasteiger partial charge in [0.05, 0.1) is 0 Å². The topological polar surface area (TPSA) is 26.0 Å². The van der Waals surface area contributed by atoms with E-state index in [4.69, 9.17) is 5.73 Å². The van der Waals surface area contributed by atoms with Crippen molar-refractivity contribution in [3.05, 3.63) is 28.7 Å². The van der Waals surface area contributed by atoms with E-state index >= 15 is 0 Å². The van der Waals surface area contributed by atoms with Crippen LogP contribution in [-0.2, 0) is 0 Å². The van der Waals surface area contributed by atoms with Crippen LogP contribution in [-0.4, -0.2) is 18.5 Å². The van der Waals surface area contributed by atoms with Gasteiger partial charge in [-0.25, -0.2) is 4.39 Å². The molecule has 0 aromatic heterocycles. The molecule has 1 atom stereocenters. The van der Waals surface area contributed by atoms with E-state index in [2.05, 4.69) is 15.9 Å². The smallest absolute Gasteiger partial charge is 0.122 e. The molecule has 0 fully saturated rings. The van der Waals surface area contributed by atoms with Crippen molar-refractivity contribution in [3.63, 3.8) is 0 Å². The third kappa shape index (κ3) is 4.11. The Balaban J connectivity index is 2.41. The molecule has 1 unspecified atom stereocenters. The van der Waals surface area contributed by atoms with Gasteiger partial charge in [-0.1, -0.05) is 15.9 Å². The summed E-state index contributed by atoms with van der Waals surface area (Å²) in [5.74, 6) is 0.429. The first-order chi connectivity index (χ1) is 6.22. The lowest BCUT2D eigenvalue weighted by atomic mass is 10.4. The molecule has 1 aromatic carbocycles. The molecule has 0 aliphatic carbocycles. The Morgan fingerprint density at radius 3 is 2.54 bits per heavy atom. The summed E-state index contributed by atoms with van der Waals surface area (Å²) in [6, 6.07) is 7.80. The van der Waals surface area contributed by atoms with Crippen LogP contribution in [0.3, 0.4) is 0 Å². The molecule has 1 aromatic rings. The zero-order chi connectivity index (χ0) is 9.68. The molecule has 0 amide bonds. The molecule has 0 saturated carbocycles. The van der Waals surface area contributed by atoms with E-state index < -0.39 is 6.17 Å². The zero-order valence-electron chi connectivity index (χ0n) is 7.04. The van der Waals surface area contributed by atoms with Gasteiger partial charge in [-0.2, -0.15) is 0 Å². The Labute approximate surface area is 90.0 Å². The average molecular weight is 264 g/mol. The van der Waals surface area contributed by atoms with Crippen molar-refractivity contribution >= 4 is 27.7 Å². The van der Waals surface area contributed by atoms with Gasteiger partial charge in [-0.15, -0.1) is 11.8 Å². The van der Waals surface area contributed by atoms with Gasteiger partial charge in [0.25, 0.3) is 0 Å². The van der Waals surface area contributed by atoms with E-state index in [1.807, 2.05) is 24.3 Å². The van der Waals surface area contributed by atoms with Gasteiger partial charge in [0, 0.05) is 21.7 Å². The maximum absolute atomic E-state index is 12.7. The molecular formula is C9H11BrFNS. The van der Waals surface area contributed by atoms with Crippen LogP contribution in [0.2, 0.25) is 0 Å². The molecule has 0 spiro atoms. The number of hydrogen-bond acceptors (Lipinski definition) is 2. The lowest BCUT2D eigenvalue weighted by Crippen LogP contribution is -2.17. The predicted molar refractivity (Wildman–Crippen MR) is 58.8 cm³/mol. The maximum Gasteiger partial charge on any atom is 0.122 e. The quantitative estimate of drug-likeness (QED) is 0.846. The lowest BCUT2D eigenvalue weighted by Gasteiger charge is -2.04. The molecule has 13 heavy (non-hydrogen) atoms. The zero-order valence-corrected chi connectivity index (χ0v) is 9.44. The highest BCUT2D eigenvalue weighted by atomic mass is 79.9. The van der Waals surface area contributed by atoms with E-state index in [-0.39, 0.29) is 6.54 Å². The van der Waals surface area contributed by atoms with E-state index in [9.17, 15) is 4.39 Å². The van der Waals surface area contributed by atoms with Crippen LogP contribution in [0.15, 0.2) is 33.6 Å². The van der Waals surface area contributed by atoms with Gasteiger partial charge in [0.1, 0.15) is 6.17 Å². The lowest BCUT2D eigenvalue weighted by molar-refractivity contribution is 0.376. The summed E-state index contributed by atoms with van der Waals surface area (Å²) in [4.78, 5) is 1.07. The number of rotatable bonds is 4. The second kappa shape index (κ2) is 5.62. The standard InChI is InChI=1S/C9H11BrFNS/c10-7-1-3-9(4-2-7)13-6-8(11)5-12/h1-4,8H,5-6,12H2. The molecular weight excluding hydrogens is 253 g/mol. The van der Waals surface area contributed by atoms with Crippen molar-refractivity contribution in [2.75, 3.05) is 12.3 Å². The van der Waals surface area contributed by atoms with Crippen molar-refractivity contribution in [2.24, 2.45) is 5.73 Å². The van der Waals surface area contributed by atoms with E-state index in [1.165, 1.54) is 11.8 Å². The Morgan fingerprint density at radius 1 is 1.38 bits per heavy atom. The Morgan fingerprint density at radius 2 is 2.00 bits per heavy atom. The van der Waals surface area contributed by atoms with Gasteiger partial charge in [-0.05, 0) is 24.3 Å². The molecule has 0 aliphatic heterocycles. The normalized spacial score (nSPS) is 12.8. The summed E-state index contributed by atoms with van der Waals surface area (Å²) >= 11 is 4.82. The maximum atomic E-state index is 12.7. The predicted octanol–water partition coefficient (Wildman–Crippen LogP) is 2.84. The molecule has 72 valence electrons. The van der Waals surface area contributed by atoms with Gasteiger partial charge >= 0.3 is 0 Å². The summed E-state index contributed by atoms with van der Waals surface area (Å²) in [7, 11) is 0. The summed E-state index contributed by atoms with van der Waals surface area (Å²) < 4.78 is 13.8. The van der Waals surface area contributed by atoms with Crippen molar-refractivity contribution < 1.29 is 4.39 Å². The Hall–Kier alpha value is -0.0600. The molecule has 1 rings (SSSR count). The molecule has 0 aliphatic rings. The fraction of sp³-hybridized carbons (Fsp3) is 0.333. The highest BCUT2D eigenvalue weighted by Gasteiger charge is 2.03. The minimum atomic E-state index is -0.909. The summed E-state index contributed by atoms with van der Waals surface area (Å²) in [6.07, 6.45) is -0.909. The van der Waals surface area contributed by atoms with Gasteiger partial charge in [-0.3, -0.25) is 0 Å². The molecule has 0 radical (unpaired) electrons. The number of thioether (sulfide) groups is 1. The molecule has 4 heteroatoms. The first-order valence-electron chi connectivity index (χ1n) is 3.95. The van der Waals surface area contributed by atoms with Crippen LogP contribution < -0.4 is 5.73 Å². The first kappa shape index (κ1) is 11.0. The molecule has 2 N–H and O–H groups in total. The van der Waals surface area contributed by atoms with Crippen LogP contribution in [0, 0.1) is 0 Å². The fourth-order valence-electron chi connectivity index (χ4n) is 0.786. The third-order valence-electron chi connectivity index (χ3n) is 1.50. The minimum Gasteiger partial charge on any atom is -0.328 e. The minimum absolute atomic E-state index is 0.101. The van der Waals surface area contributed by atoms with Gasteiger partial charge in [0.2, 0.25) is 0 Å². The second-order valence-corrected chi connectivity index (χ2v) is 4.61. The van der Waals surface area contributed by atoms with Gasteiger partial charge < -0.3 is 5.73 Å². The first-order valence-corrected chi connectivity index (χ1v) is 5.72. The van der Waals surface area contributed by atoms with Crippen LogP contribution in [0.4, 0.5) is 4.39 Å². The highest BCUT2D eigenvalue weighted by molar-refractivity contribution is 9.10. The van der Waals surface area contributed by atoms with Crippen molar-refractivity contribution in [3.8, 4) is 0 Å². The van der Waals surface area contributed by atoms with E-state index in [1.54, 1.807) is 0 Å². The van der Waals surface area contributed by atoms with Crippen molar-refractivity contribution in [2.45, 2.75) is 11.1 Å². The second-order valence-electron chi connectivity index (χ2n) is 2.60. The summed E-state index contributed by atoms with van der Waals surface area (Å²) in [5.41, 5.74) is 5.16. The number of hydrogen-bond donors (Lipinski definition) is 1. The number of nitrogens with two attached hydrogens (primary N) is 1. The average Bonchev–Trinajstić information content (AvgIpc) is 2.16. The Kier molecular flexibility index (Phi) is 4.77. The highest BCUT2D eigenvalue weighted by Crippen LogP contribution is 2.21. The number of alkyl halides is 1. The molecule has 0 heterocycles. The van der Waals surface area contributed by atoms with Crippen LogP contribution in [0.1, 0.15) is 0 Å². The summed E-state index contributed by atoms with van der Waals surface area (Å²) in [6.45, 7) is 0.101. The van der Waals surface area contributed by atoms with Crippen molar-refractivity contribution in [1.82, 2.24) is 0 Å². The Bertz CT molecular complexity index is 252. The molecule has 0 bridgehead atoms. The van der Waals surface area contributed by atoms with Crippen LogP contribution in [0.5, 0.6) is 0 Å². The fourth-order valence-corrected chi connectivity index (χ4v) is 1.89. The van der Waals surface area contributed by atoms with E-state index in [0.29, 0.717) is 5.75 Å². The SMILES string of the molecule is NCC(F)CSc1ccc(Br)cc1. The summed E-state index contributed by atoms with van der Waals surface area (Å²) in [5, 5.41) is 0. The number of halogens is 2. The van der Waals surface area contributed by atoms with Crippen molar-refractivity contribution in [1.29, 1.82) is 0 Å².